The van der Waals surface area contributed by atoms with Crippen molar-refractivity contribution in [3.63, 3.8) is 0 Å². The van der Waals surface area contributed by atoms with E-state index in [1.165, 1.54) is 0 Å². The van der Waals surface area contributed by atoms with Crippen LogP contribution in [0.2, 0.25) is 0 Å². The molecule has 1 saturated heterocycles. The number of fused-ring (bicyclic) bond motifs is 1. The fraction of sp³-hybridized carbons (Fsp3) is 0.500. The van der Waals surface area contributed by atoms with Crippen LogP contribution in [-0.4, -0.2) is 63.8 Å². The lowest BCUT2D eigenvalue weighted by molar-refractivity contribution is 0.0725. The summed E-state index contributed by atoms with van der Waals surface area (Å²) in [5.74, 6) is 0.933. The van der Waals surface area contributed by atoms with E-state index < -0.39 is 0 Å². The Hall–Kier alpha value is -2.48. The van der Waals surface area contributed by atoms with E-state index in [-0.39, 0.29) is 5.91 Å². The highest BCUT2D eigenvalue weighted by molar-refractivity contribution is 5.92. The van der Waals surface area contributed by atoms with E-state index in [0.29, 0.717) is 18.8 Å². The summed E-state index contributed by atoms with van der Waals surface area (Å²) in [5, 5.41) is 6.89. The highest BCUT2D eigenvalue weighted by Crippen LogP contribution is 2.26. The molecule has 4 heterocycles. The minimum atomic E-state index is -0.0588. The van der Waals surface area contributed by atoms with Gasteiger partial charge in [-0.3, -0.25) is 9.89 Å². The summed E-state index contributed by atoms with van der Waals surface area (Å²) < 4.78 is 5.42. The van der Waals surface area contributed by atoms with Gasteiger partial charge in [0.15, 0.2) is 0 Å². The molecular formula is C16H20N6O2. The lowest BCUT2D eigenvalue weighted by Gasteiger charge is -2.33. The number of morpholine rings is 1. The van der Waals surface area contributed by atoms with Crippen LogP contribution in [0.25, 0.3) is 0 Å². The second-order valence-electron chi connectivity index (χ2n) is 6.13. The van der Waals surface area contributed by atoms with Gasteiger partial charge in [-0.2, -0.15) is 5.10 Å². The third-order valence-electron chi connectivity index (χ3n) is 4.51. The van der Waals surface area contributed by atoms with E-state index in [4.69, 9.17) is 4.74 Å². The molecular weight excluding hydrogens is 308 g/mol. The van der Waals surface area contributed by atoms with Crippen LogP contribution in [0.3, 0.4) is 0 Å². The number of rotatable bonds is 2. The van der Waals surface area contributed by atoms with E-state index >= 15 is 0 Å². The number of carbonyl (C=O) groups excluding carboxylic acids is 1. The van der Waals surface area contributed by atoms with Crippen molar-refractivity contribution in [1.82, 2.24) is 25.1 Å². The Balaban J connectivity index is 1.56. The molecule has 8 heteroatoms. The zero-order chi connectivity index (χ0) is 16.5. The lowest BCUT2D eigenvalue weighted by Crippen LogP contribution is -2.40. The smallest absolute Gasteiger partial charge is 0.274 e. The molecule has 2 aromatic heterocycles. The van der Waals surface area contributed by atoms with Gasteiger partial charge >= 0.3 is 0 Å². The molecule has 0 radical (unpaired) electrons. The zero-order valence-electron chi connectivity index (χ0n) is 13.7. The topological polar surface area (TPSA) is 87.2 Å². The van der Waals surface area contributed by atoms with E-state index in [1.54, 1.807) is 17.3 Å². The molecule has 2 aliphatic heterocycles. The average molecular weight is 328 g/mol. The molecule has 8 nitrogen and oxygen atoms in total. The summed E-state index contributed by atoms with van der Waals surface area (Å²) in [6.45, 7) is 6.18. The van der Waals surface area contributed by atoms with Crippen LogP contribution in [0.1, 0.15) is 27.4 Å². The first-order valence-corrected chi connectivity index (χ1v) is 8.19. The molecule has 24 heavy (non-hydrogen) atoms. The number of H-pyrrole nitrogens is 1. The average Bonchev–Trinajstić information content (AvgIpc) is 3.07. The molecule has 0 atom stereocenters. The third-order valence-corrected chi connectivity index (χ3v) is 4.51. The maximum Gasteiger partial charge on any atom is 0.274 e. The third kappa shape index (κ3) is 2.73. The maximum absolute atomic E-state index is 12.6. The summed E-state index contributed by atoms with van der Waals surface area (Å²) in [4.78, 5) is 25.5. The molecule has 1 amide bonds. The monoisotopic (exact) mass is 328 g/mol. The molecule has 0 bridgehead atoms. The zero-order valence-corrected chi connectivity index (χ0v) is 13.7. The molecule has 1 fully saturated rings. The van der Waals surface area contributed by atoms with E-state index in [9.17, 15) is 4.79 Å². The standard InChI is InChI=1S/C16H20N6O2/c1-11-8-13(20-19-11)16(23)22-3-2-12-14(9-22)17-10-18-15(12)21-4-6-24-7-5-21/h8,10H,2-7,9H2,1H3,(H,19,20). The first kappa shape index (κ1) is 15.1. The van der Waals surface area contributed by atoms with Gasteiger partial charge in [-0.25, -0.2) is 9.97 Å². The highest BCUT2D eigenvalue weighted by Gasteiger charge is 2.28. The number of aryl methyl sites for hydroxylation is 1. The van der Waals surface area contributed by atoms with Gasteiger partial charge in [-0.1, -0.05) is 0 Å². The summed E-state index contributed by atoms with van der Waals surface area (Å²) in [6.07, 6.45) is 2.36. The Morgan fingerprint density at radius 2 is 2.08 bits per heavy atom. The largest absolute Gasteiger partial charge is 0.378 e. The normalized spacial score (nSPS) is 17.7. The first-order chi connectivity index (χ1) is 11.7. The molecule has 4 rings (SSSR count). The number of hydrogen-bond acceptors (Lipinski definition) is 6. The molecule has 2 aliphatic rings. The lowest BCUT2D eigenvalue weighted by atomic mass is 10.0. The number of aromatic amines is 1. The van der Waals surface area contributed by atoms with Crippen LogP contribution >= 0.6 is 0 Å². The number of nitrogens with zero attached hydrogens (tertiary/aromatic N) is 5. The van der Waals surface area contributed by atoms with Crippen molar-refractivity contribution in [3.8, 4) is 0 Å². The minimum Gasteiger partial charge on any atom is -0.378 e. The Morgan fingerprint density at radius 1 is 1.25 bits per heavy atom. The van der Waals surface area contributed by atoms with Crippen LogP contribution in [0.15, 0.2) is 12.4 Å². The summed E-state index contributed by atoms with van der Waals surface area (Å²) >= 11 is 0. The molecule has 2 aromatic rings. The fourth-order valence-electron chi connectivity index (χ4n) is 3.25. The second kappa shape index (κ2) is 6.20. The number of amides is 1. The molecule has 126 valence electrons. The molecule has 0 aliphatic carbocycles. The van der Waals surface area contributed by atoms with Gasteiger partial charge in [0.2, 0.25) is 0 Å². The van der Waals surface area contributed by atoms with Crippen molar-refractivity contribution in [2.45, 2.75) is 19.9 Å². The van der Waals surface area contributed by atoms with Crippen LogP contribution in [0.4, 0.5) is 5.82 Å². The van der Waals surface area contributed by atoms with Gasteiger partial charge in [0, 0.05) is 30.9 Å². The molecule has 0 spiro atoms. The summed E-state index contributed by atoms with van der Waals surface area (Å²) in [6, 6.07) is 1.77. The van der Waals surface area contributed by atoms with E-state index in [1.807, 2.05) is 6.92 Å². The number of ether oxygens (including phenoxy) is 1. The fourth-order valence-corrected chi connectivity index (χ4v) is 3.25. The molecule has 1 N–H and O–H groups in total. The number of nitrogens with one attached hydrogen (secondary N) is 1. The second-order valence-corrected chi connectivity index (χ2v) is 6.13. The van der Waals surface area contributed by atoms with Crippen LogP contribution < -0.4 is 4.90 Å². The van der Waals surface area contributed by atoms with Crippen molar-refractivity contribution in [1.29, 1.82) is 0 Å². The minimum absolute atomic E-state index is 0.0588. The Labute approximate surface area is 139 Å². The SMILES string of the molecule is Cc1cc(C(=O)N2CCc3c(ncnc3N3CCOCC3)C2)n[nH]1. The molecule has 0 aromatic carbocycles. The van der Waals surface area contributed by atoms with Crippen molar-refractivity contribution >= 4 is 11.7 Å². The van der Waals surface area contributed by atoms with Crippen molar-refractivity contribution < 1.29 is 9.53 Å². The van der Waals surface area contributed by atoms with Crippen molar-refractivity contribution in [3.05, 3.63) is 35.0 Å². The number of carbonyl (C=O) groups is 1. The van der Waals surface area contributed by atoms with Gasteiger partial charge in [0.05, 0.1) is 25.5 Å². The van der Waals surface area contributed by atoms with E-state index in [0.717, 1.165) is 55.5 Å². The molecule has 0 saturated carbocycles. The quantitative estimate of drug-likeness (QED) is 0.866. The Kier molecular flexibility index (Phi) is 3.89. The van der Waals surface area contributed by atoms with Crippen LogP contribution in [0, 0.1) is 6.92 Å². The van der Waals surface area contributed by atoms with Gasteiger partial charge in [-0.15, -0.1) is 0 Å². The number of anilines is 1. The highest BCUT2D eigenvalue weighted by atomic mass is 16.5. The maximum atomic E-state index is 12.6. The number of hydrogen-bond donors (Lipinski definition) is 1. The predicted octanol–water partition coefficient (Wildman–Crippen LogP) is 0.543. The van der Waals surface area contributed by atoms with E-state index in [2.05, 4.69) is 25.1 Å². The predicted molar refractivity (Wildman–Crippen MR) is 86.8 cm³/mol. The van der Waals surface area contributed by atoms with Crippen LogP contribution in [0.5, 0.6) is 0 Å². The number of aromatic nitrogens is 4. The van der Waals surface area contributed by atoms with Crippen molar-refractivity contribution in [2.75, 3.05) is 37.7 Å². The Morgan fingerprint density at radius 3 is 2.83 bits per heavy atom. The van der Waals surface area contributed by atoms with Crippen LogP contribution in [-0.2, 0) is 17.7 Å². The van der Waals surface area contributed by atoms with Gasteiger partial charge in [0.25, 0.3) is 5.91 Å². The van der Waals surface area contributed by atoms with Gasteiger partial charge in [-0.05, 0) is 19.4 Å². The summed E-state index contributed by atoms with van der Waals surface area (Å²) in [7, 11) is 0. The van der Waals surface area contributed by atoms with Crippen molar-refractivity contribution in [2.24, 2.45) is 0 Å². The van der Waals surface area contributed by atoms with Gasteiger partial charge < -0.3 is 14.5 Å². The first-order valence-electron chi connectivity index (χ1n) is 8.19. The summed E-state index contributed by atoms with van der Waals surface area (Å²) in [5.41, 5.74) is 3.42. The van der Waals surface area contributed by atoms with Gasteiger partial charge in [0.1, 0.15) is 17.8 Å². The molecule has 0 unspecified atom stereocenters. The Bertz CT molecular complexity index is 753.